The van der Waals surface area contributed by atoms with Gasteiger partial charge >= 0.3 is 0 Å². The molecular formula is C23H43ClN6. The van der Waals surface area contributed by atoms with Crippen LogP contribution in [-0.2, 0) is 0 Å². The zero-order chi connectivity index (χ0) is 21.6. The van der Waals surface area contributed by atoms with Gasteiger partial charge in [-0.25, -0.2) is 4.98 Å². The van der Waals surface area contributed by atoms with Crippen molar-refractivity contribution in [3.05, 3.63) is 11.2 Å². The van der Waals surface area contributed by atoms with E-state index in [1.54, 1.807) is 6.07 Å². The normalized spacial score (nSPS) is 22.2. The summed E-state index contributed by atoms with van der Waals surface area (Å²) in [7, 11) is 2.02. The van der Waals surface area contributed by atoms with Gasteiger partial charge in [-0.2, -0.15) is 4.98 Å². The minimum atomic E-state index is 0.386. The Morgan fingerprint density at radius 1 is 0.967 bits per heavy atom. The lowest BCUT2D eigenvalue weighted by molar-refractivity contribution is 0.300. The van der Waals surface area contributed by atoms with Gasteiger partial charge in [0.2, 0.25) is 5.95 Å². The maximum atomic E-state index is 5.82. The molecular weight excluding hydrogens is 396 g/mol. The van der Waals surface area contributed by atoms with Gasteiger partial charge in [0.1, 0.15) is 11.0 Å². The van der Waals surface area contributed by atoms with Crippen LogP contribution in [0.4, 0.5) is 11.8 Å². The smallest absolute Gasteiger partial charge is 0.226 e. The van der Waals surface area contributed by atoms with Crippen LogP contribution < -0.4 is 21.7 Å². The minimum Gasteiger partial charge on any atom is -0.383 e. The van der Waals surface area contributed by atoms with Crippen LogP contribution in [0, 0.1) is 17.8 Å². The molecule has 0 aromatic carbocycles. The Kier molecular flexibility index (Phi) is 12.4. The summed E-state index contributed by atoms with van der Waals surface area (Å²) in [6.45, 7) is 6.80. The molecule has 0 spiro atoms. The second-order valence-corrected chi connectivity index (χ2v) is 9.50. The molecule has 1 heterocycles. The first-order chi connectivity index (χ1) is 14.6. The van der Waals surface area contributed by atoms with E-state index < -0.39 is 0 Å². The molecule has 2 aliphatic rings. The van der Waals surface area contributed by atoms with Gasteiger partial charge in [0.15, 0.2) is 0 Å². The highest BCUT2D eigenvalue weighted by Gasteiger charge is 2.18. The largest absolute Gasteiger partial charge is 0.383 e. The quantitative estimate of drug-likeness (QED) is 0.329. The van der Waals surface area contributed by atoms with Crippen LogP contribution in [0.2, 0.25) is 5.15 Å². The Labute approximate surface area is 188 Å². The molecule has 3 rings (SSSR count). The van der Waals surface area contributed by atoms with Crippen molar-refractivity contribution in [1.29, 1.82) is 0 Å². The number of nitrogens with one attached hydrogen (secondary N) is 3. The van der Waals surface area contributed by atoms with Crippen molar-refractivity contribution in [1.82, 2.24) is 20.6 Å². The summed E-state index contributed by atoms with van der Waals surface area (Å²) in [5.74, 6) is 3.51. The van der Waals surface area contributed by atoms with Crippen molar-refractivity contribution < 1.29 is 0 Å². The molecule has 0 radical (unpaired) electrons. The van der Waals surface area contributed by atoms with Gasteiger partial charge in [0, 0.05) is 12.6 Å². The SMILES string of the molecule is CC1CCC(CNc2nc(N)cc(Cl)n2)CC1.CNCCCNCC1CCCCC1. The number of rotatable bonds is 9. The molecule has 2 fully saturated rings. The van der Waals surface area contributed by atoms with Crippen LogP contribution >= 0.6 is 11.6 Å². The highest BCUT2D eigenvalue weighted by molar-refractivity contribution is 6.29. The summed E-state index contributed by atoms with van der Waals surface area (Å²) < 4.78 is 0. The second-order valence-electron chi connectivity index (χ2n) is 9.11. The Hall–Kier alpha value is -1.11. The molecule has 6 nitrogen and oxygen atoms in total. The summed E-state index contributed by atoms with van der Waals surface area (Å²) in [6.07, 6.45) is 13.8. The minimum absolute atomic E-state index is 0.386. The standard InChI is InChI=1S/C12H19ClN4.C11H24N2/c1-8-2-4-9(5-3-8)7-15-12-16-10(13)6-11(14)17-12;1-12-8-5-9-13-10-11-6-3-2-4-7-11/h6,8-9H,2-5,7H2,1H3,(H3,14,15,16,17);11-13H,2-10H2,1H3. The second kappa shape index (κ2) is 14.8. The van der Waals surface area contributed by atoms with E-state index in [0.717, 1.165) is 30.8 Å². The van der Waals surface area contributed by atoms with Gasteiger partial charge in [-0.15, -0.1) is 0 Å². The lowest BCUT2D eigenvalue weighted by atomic mass is 9.83. The number of aromatic nitrogens is 2. The zero-order valence-electron chi connectivity index (χ0n) is 19.1. The van der Waals surface area contributed by atoms with Crippen molar-refractivity contribution in [2.45, 2.75) is 71.1 Å². The van der Waals surface area contributed by atoms with E-state index in [2.05, 4.69) is 32.8 Å². The number of nitrogen functional groups attached to an aromatic ring is 1. The Bertz CT molecular complexity index is 551. The first kappa shape index (κ1) is 25.2. The van der Waals surface area contributed by atoms with E-state index in [1.807, 2.05) is 7.05 Å². The molecule has 5 N–H and O–H groups in total. The highest BCUT2D eigenvalue weighted by Crippen LogP contribution is 2.28. The summed E-state index contributed by atoms with van der Waals surface area (Å²) >= 11 is 5.82. The summed E-state index contributed by atoms with van der Waals surface area (Å²) in [4.78, 5) is 8.20. The van der Waals surface area contributed by atoms with Crippen molar-refractivity contribution >= 4 is 23.4 Å². The number of nitrogens with zero attached hydrogens (tertiary/aromatic N) is 2. The molecule has 0 bridgehead atoms. The fourth-order valence-electron chi connectivity index (χ4n) is 4.37. The van der Waals surface area contributed by atoms with Crippen molar-refractivity contribution in [2.24, 2.45) is 17.8 Å². The maximum Gasteiger partial charge on any atom is 0.226 e. The van der Waals surface area contributed by atoms with Gasteiger partial charge in [-0.05, 0) is 76.5 Å². The molecule has 1 aromatic rings. The van der Waals surface area contributed by atoms with Gasteiger partial charge < -0.3 is 21.7 Å². The Morgan fingerprint density at radius 3 is 2.33 bits per heavy atom. The molecule has 0 unspecified atom stereocenters. The molecule has 0 amide bonds. The maximum absolute atomic E-state index is 5.82. The first-order valence-corrected chi connectivity index (χ1v) is 12.3. The van der Waals surface area contributed by atoms with Crippen LogP contribution in [0.5, 0.6) is 0 Å². The number of nitrogens with two attached hydrogens (primary N) is 1. The molecule has 0 aliphatic heterocycles. The van der Waals surface area contributed by atoms with E-state index in [1.165, 1.54) is 77.3 Å². The first-order valence-electron chi connectivity index (χ1n) is 12.0. The molecule has 0 atom stereocenters. The predicted octanol–water partition coefficient (Wildman–Crippen LogP) is 4.72. The van der Waals surface area contributed by atoms with Crippen LogP contribution in [-0.4, -0.2) is 43.2 Å². The van der Waals surface area contributed by atoms with E-state index in [0.29, 0.717) is 16.9 Å². The molecule has 2 aliphatic carbocycles. The van der Waals surface area contributed by atoms with E-state index in [-0.39, 0.29) is 0 Å². The van der Waals surface area contributed by atoms with Crippen LogP contribution in [0.15, 0.2) is 6.07 Å². The molecule has 172 valence electrons. The van der Waals surface area contributed by atoms with Crippen LogP contribution in [0.1, 0.15) is 71.1 Å². The Morgan fingerprint density at radius 2 is 1.67 bits per heavy atom. The summed E-state index contributed by atoms with van der Waals surface area (Å²) in [5, 5.41) is 10.3. The molecule has 7 heteroatoms. The fraction of sp³-hybridized carbons (Fsp3) is 0.826. The third kappa shape index (κ3) is 10.8. The van der Waals surface area contributed by atoms with E-state index >= 15 is 0 Å². The highest BCUT2D eigenvalue weighted by atomic mass is 35.5. The number of hydrogen-bond donors (Lipinski definition) is 4. The van der Waals surface area contributed by atoms with Gasteiger partial charge in [-0.3, -0.25) is 0 Å². The average molecular weight is 439 g/mol. The average Bonchev–Trinajstić information content (AvgIpc) is 2.74. The number of hydrogen-bond acceptors (Lipinski definition) is 6. The third-order valence-corrected chi connectivity index (χ3v) is 6.53. The zero-order valence-corrected chi connectivity index (χ0v) is 19.8. The number of anilines is 2. The lowest BCUT2D eigenvalue weighted by Crippen LogP contribution is -2.26. The monoisotopic (exact) mass is 438 g/mol. The summed E-state index contributed by atoms with van der Waals surface area (Å²) in [6, 6.07) is 1.55. The van der Waals surface area contributed by atoms with Crippen LogP contribution in [0.25, 0.3) is 0 Å². The van der Waals surface area contributed by atoms with Crippen LogP contribution in [0.3, 0.4) is 0 Å². The van der Waals surface area contributed by atoms with Gasteiger partial charge in [0.25, 0.3) is 0 Å². The third-order valence-electron chi connectivity index (χ3n) is 6.34. The summed E-state index contributed by atoms with van der Waals surface area (Å²) in [5.41, 5.74) is 5.61. The van der Waals surface area contributed by atoms with E-state index in [4.69, 9.17) is 17.3 Å². The lowest BCUT2D eigenvalue weighted by Gasteiger charge is -2.26. The molecule has 0 saturated heterocycles. The fourth-order valence-corrected chi connectivity index (χ4v) is 4.56. The van der Waals surface area contributed by atoms with Crippen molar-refractivity contribution in [2.75, 3.05) is 44.3 Å². The molecule has 1 aromatic heterocycles. The van der Waals surface area contributed by atoms with Gasteiger partial charge in [0.05, 0.1) is 0 Å². The van der Waals surface area contributed by atoms with Crippen molar-refractivity contribution in [3.8, 4) is 0 Å². The Balaban J connectivity index is 0.000000222. The van der Waals surface area contributed by atoms with Gasteiger partial charge in [-0.1, -0.05) is 50.6 Å². The molecule has 30 heavy (non-hydrogen) atoms. The number of halogens is 1. The van der Waals surface area contributed by atoms with E-state index in [9.17, 15) is 0 Å². The molecule has 2 saturated carbocycles. The van der Waals surface area contributed by atoms with Crippen molar-refractivity contribution in [3.63, 3.8) is 0 Å². The predicted molar refractivity (Wildman–Crippen MR) is 129 cm³/mol. The topological polar surface area (TPSA) is 87.9 Å².